The van der Waals surface area contributed by atoms with Crippen LogP contribution < -0.4 is 0 Å². The zero-order valence-corrected chi connectivity index (χ0v) is 18.9. The van der Waals surface area contributed by atoms with Crippen molar-refractivity contribution in [1.82, 2.24) is 9.80 Å². The van der Waals surface area contributed by atoms with E-state index in [0.29, 0.717) is 8.64 Å². The van der Waals surface area contributed by atoms with Crippen LogP contribution >= 0.6 is 24.4 Å². The summed E-state index contributed by atoms with van der Waals surface area (Å²) in [6.07, 6.45) is 4.81. The van der Waals surface area contributed by atoms with Gasteiger partial charge < -0.3 is 59.5 Å². The van der Waals surface area contributed by atoms with Gasteiger partial charge in [0.25, 0.3) is 0 Å². The molecule has 0 aliphatic heterocycles. The first kappa shape index (κ1) is 31.1. The molecule has 22 heavy (non-hydrogen) atoms. The van der Waals surface area contributed by atoms with Crippen molar-refractivity contribution in [2.75, 3.05) is 26.2 Å². The van der Waals surface area contributed by atoms with Crippen molar-refractivity contribution < 1.29 is 34.1 Å². The first-order valence-electron chi connectivity index (χ1n) is 7.36. The summed E-state index contributed by atoms with van der Waals surface area (Å²) in [5, 5.41) is 0. The van der Waals surface area contributed by atoms with Gasteiger partial charge in [-0.15, -0.1) is 0 Å². The number of hydrogen-bond donors (Lipinski definition) is 0. The zero-order chi connectivity index (χ0) is 16.0. The van der Waals surface area contributed by atoms with Gasteiger partial charge in [-0.3, -0.25) is 0 Å². The normalized spacial score (nSPS) is 8.55. The molecule has 0 aromatic heterocycles. The maximum atomic E-state index is 4.98. The SMILES string of the molecule is CCCCN(CCCC)C(=S)[S-].CCN(CC)C(=S)[S-].[Cu+].[Cu+]. The Morgan fingerprint density at radius 2 is 1.05 bits per heavy atom. The molecule has 0 unspecified atom stereocenters. The van der Waals surface area contributed by atoms with E-state index in [1.165, 1.54) is 25.7 Å². The average Bonchev–Trinajstić information content (AvgIpc) is 2.40. The molecule has 0 atom stereocenters. The molecule has 8 heteroatoms. The van der Waals surface area contributed by atoms with Crippen molar-refractivity contribution in [3.63, 3.8) is 0 Å². The minimum Gasteiger partial charge on any atom is -0.411 e. The van der Waals surface area contributed by atoms with Crippen molar-refractivity contribution >= 4 is 58.3 Å². The van der Waals surface area contributed by atoms with Gasteiger partial charge in [0.15, 0.2) is 0 Å². The monoisotopic (exact) mass is 478 g/mol. The van der Waals surface area contributed by atoms with Crippen LogP contribution in [0.25, 0.3) is 0 Å². The summed E-state index contributed by atoms with van der Waals surface area (Å²) in [7, 11) is 0. The van der Waals surface area contributed by atoms with Crippen LogP contribution in [-0.2, 0) is 59.4 Å². The van der Waals surface area contributed by atoms with Gasteiger partial charge in [0.05, 0.1) is 0 Å². The van der Waals surface area contributed by atoms with E-state index in [4.69, 9.17) is 49.7 Å². The quantitative estimate of drug-likeness (QED) is 0.294. The fourth-order valence-corrected chi connectivity index (χ4v) is 2.36. The Balaban J connectivity index is -0.000000144. The topological polar surface area (TPSA) is 6.48 Å². The summed E-state index contributed by atoms with van der Waals surface area (Å²) in [5.74, 6) is 0. The largest absolute Gasteiger partial charge is 1.00 e. The summed E-state index contributed by atoms with van der Waals surface area (Å²) >= 11 is 19.5. The first-order valence-corrected chi connectivity index (χ1v) is 8.99. The van der Waals surface area contributed by atoms with Gasteiger partial charge >= 0.3 is 34.1 Å². The molecule has 0 N–H and O–H groups in total. The third-order valence-corrected chi connectivity index (χ3v) is 3.88. The van der Waals surface area contributed by atoms with E-state index in [9.17, 15) is 0 Å². The minimum atomic E-state index is 0. The Morgan fingerprint density at radius 3 is 1.18 bits per heavy atom. The molecule has 0 aromatic carbocycles. The third kappa shape index (κ3) is 19.3. The van der Waals surface area contributed by atoms with Gasteiger partial charge in [-0.25, -0.2) is 0 Å². The molecule has 0 saturated heterocycles. The van der Waals surface area contributed by atoms with E-state index in [0.717, 1.165) is 26.2 Å². The molecule has 0 rings (SSSR count). The molecule has 0 heterocycles. The van der Waals surface area contributed by atoms with Crippen LogP contribution in [0.5, 0.6) is 0 Å². The molecule has 0 aromatic rings. The second-order valence-corrected chi connectivity index (χ2v) is 6.46. The average molecular weight is 480 g/mol. The second kappa shape index (κ2) is 22.3. The van der Waals surface area contributed by atoms with E-state index >= 15 is 0 Å². The van der Waals surface area contributed by atoms with Gasteiger partial charge in [-0.05, 0) is 26.7 Å². The molecule has 0 amide bonds. The molecule has 0 bridgehead atoms. The summed E-state index contributed by atoms with van der Waals surface area (Å²) in [6.45, 7) is 12.4. The Morgan fingerprint density at radius 1 is 0.727 bits per heavy atom. The maximum Gasteiger partial charge on any atom is 1.00 e. The van der Waals surface area contributed by atoms with Gasteiger partial charge in [0.2, 0.25) is 0 Å². The molecule has 140 valence electrons. The van der Waals surface area contributed by atoms with Crippen LogP contribution in [0, 0.1) is 0 Å². The Bertz CT molecular complexity index is 257. The minimum absolute atomic E-state index is 0. The Hall–Kier alpha value is 1.26. The second-order valence-electron chi connectivity index (χ2n) is 4.40. The zero-order valence-electron chi connectivity index (χ0n) is 13.8. The van der Waals surface area contributed by atoms with Crippen molar-refractivity contribution in [2.24, 2.45) is 0 Å². The van der Waals surface area contributed by atoms with E-state index in [2.05, 4.69) is 18.7 Å². The van der Waals surface area contributed by atoms with Crippen molar-refractivity contribution in [1.29, 1.82) is 0 Å². The molecule has 0 aliphatic rings. The van der Waals surface area contributed by atoms with Crippen molar-refractivity contribution in [2.45, 2.75) is 53.4 Å². The van der Waals surface area contributed by atoms with Crippen molar-refractivity contribution in [3.05, 3.63) is 0 Å². The number of hydrogen-bond acceptors (Lipinski definition) is 4. The summed E-state index contributed by atoms with van der Waals surface area (Å²) in [4.78, 5) is 4.10. The summed E-state index contributed by atoms with van der Waals surface area (Å²) in [5.41, 5.74) is 0. The number of nitrogens with zero attached hydrogens (tertiary/aromatic N) is 2. The third-order valence-electron chi connectivity index (χ3n) is 2.84. The van der Waals surface area contributed by atoms with Gasteiger partial charge in [-0.2, -0.15) is 0 Å². The van der Waals surface area contributed by atoms with E-state index in [1.54, 1.807) is 0 Å². The molecule has 0 saturated carbocycles. The van der Waals surface area contributed by atoms with Crippen molar-refractivity contribution in [3.8, 4) is 0 Å². The van der Waals surface area contributed by atoms with Gasteiger partial charge in [-0.1, -0.05) is 35.3 Å². The molecular formula is C14H28Cu2N2S4. The number of thiocarbonyl (C=S) groups is 2. The van der Waals surface area contributed by atoms with Crippen LogP contribution in [0.1, 0.15) is 53.4 Å². The summed E-state index contributed by atoms with van der Waals surface area (Å²) < 4.78 is 1.21. The standard InChI is InChI=1S/C9H19NS2.C5H11NS2.2Cu/c1-3-5-7-10(9(11)12)8-6-4-2;1-3-6(4-2)5(7)8;;/h3-8H2,1-2H3,(H,11,12);3-4H2,1-2H3,(H,7,8);;/q;;2*+1/p-2. The summed E-state index contributed by atoms with van der Waals surface area (Å²) in [6, 6.07) is 0. The van der Waals surface area contributed by atoms with Crippen LogP contribution in [0.3, 0.4) is 0 Å². The number of unbranched alkanes of at least 4 members (excludes halogenated alkanes) is 2. The van der Waals surface area contributed by atoms with Crippen LogP contribution in [0.2, 0.25) is 0 Å². The molecule has 0 radical (unpaired) electrons. The van der Waals surface area contributed by atoms with E-state index < -0.39 is 0 Å². The fourth-order valence-electron chi connectivity index (χ4n) is 1.47. The molecule has 0 aliphatic carbocycles. The molecular weight excluding hydrogens is 452 g/mol. The first-order chi connectivity index (χ1) is 9.44. The Labute approximate surface area is 180 Å². The van der Waals surface area contributed by atoms with Crippen LogP contribution in [0.15, 0.2) is 0 Å². The molecule has 2 nitrogen and oxygen atoms in total. The predicted molar refractivity (Wildman–Crippen MR) is 104 cm³/mol. The number of rotatable bonds is 8. The Kier molecular flexibility index (Phi) is 31.4. The predicted octanol–water partition coefficient (Wildman–Crippen LogP) is 3.88. The van der Waals surface area contributed by atoms with Gasteiger partial charge in [0, 0.05) is 26.2 Å². The molecule has 0 spiro atoms. The maximum absolute atomic E-state index is 4.98. The van der Waals surface area contributed by atoms with E-state index in [1.807, 2.05) is 18.7 Å². The van der Waals surface area contributed by atoms with Crippen LogP contribution in [0.4, 0.5) is 0 Å². The van der Waals surface area contributed by atoms with Gasteiger partial charge in [0.1, 0.15) is 0 Å². The van der Waals surface area contributed by atoms with E-state index in [-0.39, 0.29) is 34.1 Å². The fraction of sp³-hybridized carbons (Fsp3) is 0.857. The smallest absolute Gasteiger partial charge is 0.411 e. The molecule has 0 fully saturated rings. The van der Waals surface area contributed by atoms with Crippen LogP contribution in [-0.4, -0.2) is 44.6 Å².